The average molecular weight is 389 g/mol. The molecule has 0 unspecified atom stereocenters. The minimum atomic E-state index is -0.563. The maximum Gasteiger partial charge on any atom is 0.339 e. The molecule has 1 aromatic heterocycles. The number of aromatic nitrogens is 2. The zero-order valence-corrected chi connectivity index (χ0v) is 16.3. The van der Waals surface area contributed by atoms with E-state index < -0.39 is 5.97 Å². The van der Waals surface area contributed by atoms with Crippen LogP contribution in [-0.2, 0) is 22.5 Å². The molecule has 0 spiro atoms. The van der Waals surface area contributed by atoms with Crippen LogP contribution in [0.1, 0.15) is 40.2 Å². The lowest BCUT2D eigenvalue weighted by atomic mass is 10.1. The fourth-order valence-corrected chi connectivity index (χ4v) is 3.00. The summed E-state index contributed by atoms with van der Waals surface area (Å²) in [4.78, 5) is 24.0. The summed E-state index contributed by atoms with van der Waals surface area (Å²) in [5.74, 6) is -0.746. The Balaban J connectivity index is 2.02. The number of ether oxygens (including phenoxy) is 1. The number of nitrogens with one attached hydrogen (secondary N) is 1. The molecule has 7 nitrogen and oxygen atoms in total. The molecule has 8 heteroatoms. The number of amides is 1. The second kappa shape index (κ2) is 9.19. The average Bonchev–Trinajstić information content (AvgIpc) is 2.92. The van der Waals surface area contributed by atoms with Gasteiger partial charge in [-0.05, 0) is 44.0 Å². The second-order valence-electron chi connectivity index (χ2n) is 6.02. The number of benzene rings is 1. The molecule has 142 valence electrons. The number of carbonyl (C=O) groups excluding carboxylic acids is 2. The monoisotopic (exact) mass is 388 g/mol. The fourth-order valence-electron chi connectivity index (χ4n) is 2.80. The molecule has 2 aromatic rings. The summed E-state index contributed by atoms with van der Waals surface area (Å²) in [6.07, 6.45) is 1.19. The standard InChI is InChI=1S/C19H21ClN4O3/c1-12-15(13(2)24(23-12)10-4-9-21)6-8-18(25)22-14-5-7-17(20)16(11-14)19(26)27-3/h5,7,11H,4,6,8,10H2,1-3H3,(H,22,25). The van der Waals surface area contributed by atoms with E-state index >= 15 is 0 Å². The Morgan fingerprint density at radius 2 is 2.11 bits per heavy atom. The van der Waals surface area contributed by atoms with Crippen molar-refractivity contribution in [3.05, 3.63) is 45.7 Å². The minimum absolute atomic E-state index is 0.184. The number of halogens is 1. The number of carbonyl (C=O) groups is 2. The van der Waals surface area contributed by atoms with Crippen molar-refractivity contribution in [1.29, 1.82) is 5.26 Å². The first kappa shape index (κ1) is 20.5. The van der Waals surface area contributed by atoms with Gasteiger partial charge < -0.3 is 10.1 Å². The molecule has 0 bridgehead atoms. The van der Waals surface area contributed by atoms with Crippen LogP contribution < -0.4 is 5.32 Å². The van der Waals surface area contributed by atoms with Gasteiger partial charge in [-0.1, -0.05) is 11.6 Å². The summed E-state index contributed by atoms with van der Waals surface area (Å²) in [5, 5.41) is 16.2. The van der Waals surface area contributed by atoms with Crippen LogP contribution in [0.3, 0.4) is 0 Å². The predicted octanol–water partition coefficient (Wildman–Crippen LogP) is 3.42. The van der Waals surface area contributed by atoms with E-state index in [2.05, 4.69) is 21.2 Å². The molecule has 0 aliphatic carbocycles. The number of nitrogens with zero attached hydrogens (tertiary/aromatic N) is 3. The number of nitriles is 1. The third kappa shape index (κ3) is 5.08. The smallest absolute Gasteiger partial charge is 0.339 e. The Kier molecular flexibility index (Phi) is 6.97. The number of rotatable bonds is 7. The van der Waals surface area contributed by atoms with E-state index in [0.717, 1.165) is 17.0 Å². The van der Waals surface area contributed by atoms with Gasteiger partial charge in [0.15, 0.2) is 0 Å². The molecule has 1 N–H and O–H groups in total. The molecular formula is C19H21ClN4O3. The maximum atomic E-state index is 12.3. The molecule has 0 saturated heterocycles. The third-order valence-corrected chi connectivity index (χ3v) is 4.55. The van der Waals surface area contributed by atoms with Gasteiger partial charge in [0.1, 0.15) is 0 Å². The van der Waals surface area contributed by atoms with E-state index in [4.69, 9.17) is 16.9 Å². The van der Waals surface area contributed by atoms with Gasteiger partial charge in [-0.3, -0.25) is 9.48 Å². The molecule has 27 heavy (non-hydrogen) atoms. The number of anilines is 1. The molecule has 0 radical (unpaired) electrons. The Labute approximate surface area is 162 Å². The first-order chi connectivity index (χ1) is 12.9. The van der Waals surface area contributed by atoms with Crippen molar-refractivity contribution in [2.75, 3.05) is 12.4 Å². The van der Waals surface area contributed by atoms with Crippen LogP contribution in [0.15, 0.2) is 18.2 Å². The Morgan fingerprint density at radius 3 is 2.78 bits per heavy atom. The first-order valence-corrected chi connectivity index (χ1v) is 8.82. The Hall–Kier alpha value is -2.85. The summed E-state index contributed by atoms with van der Waals surface area (Å²) < 4.78 is 6.47. The van der Waals surface area contributed by atoms with E-state index in [1.54, 1.807) is 10.7 Å². The minimum Gasteiger partial charge on any atom is -0.465 e. The highest BCUT2D eigenvalue weighted by molar-refractivity contribution is 6.33. The summed E-state index contributed by atoms with van der Waals surface area (Å²) in [6.45, 7) is 4.37. The van der Waals surface area contributed by atoms with Crippen molar-refractivity contribution in [3.63, 3.8) is 0 Å². The van der Waals surface area contributed by atoms with E-state index in [1.807, 2.05) is 13.8 Å². The first-order valence-electron chi connectivity index (χ1n) is 8.45. The largest absolute Gasteiger partial charge is 0.465 e. The third-order valence-electron chi connectivity index (χ3n) is 4.22. The van der Waals surface area contributed by atoms with Crippen molar-refractivity contribution in [2.45, 2.75) is 39.7 Å². The van der Waals surface area contributed by atoms with Gasteiger partial charge in [-0.15, -0.1) is 0 Å². The highest BCUT2D eigenvalue weighted by Gasteiger charge is 2.15. The van der Waals surface area contributed by atoms with Crippen molar-refractivity contribution in [1.82, 2.24) is 9.78 Å². The molecule has 0 aliphatic rings. The van der Waals surface area contributed by atoms with Gasteiger partial charge in [0, 0.05) is 17.8 Å². The van der Waals surface area contributed by atoms with Gasteiger partial charge in [0.05, 0.1) is 42.4 Å². The van der Waals surface area contributed by atoms with Gasteiger partial charge in [0.2, 0.25) is 5.91 Å². The molecule has 0 atom stereocenters. The van der Waals surface area contributed by atoms with Crippen LogP contribution in [0.5, 0.6) is 0 Å². The van der Waals surface area contributed by atoms with Gasteiger partial charge in [-0.2, -0.15) is 10.4 Å². The van der Waals surface area contributed by atoms with Crippen molar-refractivity contribution >= 4 is 29.2 Å². The van der Waals surface area contributed by atoms with Gasteiger partial charge in [0.25, 0.3) is 0 Å². The highest BCUT2D eigenvalue weighted by atomic mass is 35.5. The van der Waals surface area contributed by atoms with E-state index in [9.17, 15) is 9.59 Å². The molecule has 0 aliphatic heterocycles. The number of esters is 1. The summed E-state index contributed by atoms with van der Waals surface area (Å²) in [7, 11) is 1.27. The number of methoxy groups -OCH3 is 1. The van der Waals surface area contributed by atoms with Crippen molar-refractivity contribution < 1.29 is 14.3 Å². The SMILES string of the molecule is COC(=O)c1cc(NC(=O)CCc2c(C)nn(CCC#N)c2C)ccc1Cl. The number of hydrogen-bond donors (Lipinski definition) is 1. The maximum absolute atomic E-state index is 12.3. The van der Waals surface area contributed by atoms with Crippen molar-refractivity contribution in [3.8, 4) is 6.07 Å². The lowest BCUT2D eigenvalue weighted by Crippen LogP contribution is -2.13. The molecule has 1 amide bonds. The summed E-state index contributed by atoms with van der Waals surface area (Å²) >= 11 is 5.98. The van der Waals surface area contributed by atoms with Crippen molar-refractivity contribution in [2.24, 2.45) is 0 Å². The molecule has 0 saturated carbocycles. The molecular weight excluding hydrogens is 368 g/mol. The molecule has 1 aromatic carbocycles. The molecule has 1 heterocycles. The quantitative estimate of drug-likeness (QED) is 0.733. The summed E-state index contributed by atoms with van der Waals surface area (Å²) in [5.41, 5.74) is 3.51. The summed E-state index contributed by atoms with van der Waals surface area (Å²) in [6, 6.07) is 6.76. The normalized spacial score (nSPS) is 10.3. The van der Waals surface area contributed by atoms with Crippen LogP contribution >= 0.6 is 11.6 Å². The Bertz CT molecular complexity index is 899. The van der Waals surface area contributed by atoms with Crippen LogP contribution in [0.4, 0.5) is 5.69 Å². The topological polar surface area (TPSA) is 97.0 Å². The van der Waals surface area contributed by atoms with Crippen LogP contribution in [0, 0.1) is 25.2 Å². The molecule has 2 rings (SSSR count). The fraction of sp³-hybridized carbons (Fsp3) is 0.368. The lowest BCUT2D eigenvalue weighted by Gasteiger charge is -2.08. The van der Waals surface area contributed by atoms with E-state index in [-0.39, 0.29) is 22.9 Å². The van der Waals surface area contributed by atoms with Crippen LogP contribution in [0.25, 0.3) is 0 Å². The van der Waals surface area contributed by atoms with Crippen LogP contribution in [-0.4, -0.2) is 28.8 Å². The van der Waals surface area contributed by atoms with Crippen LogP contribution in [0.2, 0.25) is 5.02 Å². The zero-order valence-electron chi connectivity index (χ0n) is 15.5. The zero-order chi connectivity index (χ0) is 20.0. The van der Waals surface area contributed by atoms with Gasteiger partial charge >= 0.3 is 5.97 Å². The van der Waals surface area contributed by atoms with Gasteiger partial charge in [-0.25, -0.2) is 4.79 Å². The second-order valence-corrected chi connectivity index (χ2v) is 6.42. The molecule has 0 fully saturated rings. The number of hydrogen-bond acceptors (Lipinski definition) is 5. The number of aryl methyl sites for hydroxylation is 2. The highest BCUT2D eigenvalue weighted by Crippen LogP contribution is 2.22. The predicted molar refractivity (Wildman–Crippen MR) is 102 cm³/mol. The Morgan fingerprint density at radius 1 is 1.37 bits per heavy atom. The van der Waals surface area contributed by atoms with E-state index in [1.165, 1.54) is 19.2 Å². The lowest BCUT2D eigenvalue weighted by molar-refractivity contribution is -0.116. The van der Waals surface area contributed by atoms with E-state index in [0.29, 0.717) is 25.1 Å².